The van der Waals surface area contributed by atoms with E-state index in [2.05, 4.69) is 5.32 Å². The molecule has 7 nitrogen and oxygen atoms in total. The van der Waals surface area contributed by atoms with Crippen LogP contribution in [0.2, 0.25) is 0 Å². The lowest BCUT2D eigenvalue weighted by atomic mass is 9.76. The summed E-state index contributed by atoms with van der Waals surface area (Å²) < 4.78 is 0. The minimum absolute atomic E-state index is 0.133. The van der Waals surface area contributed by atoms with E-state index in [0.717, 1.165) is 12.0 Å². The van der Waals surface area contributed by atoms with E-state index in [1.165, 1.54) is 4.90 Å². The lowest BCUT2D eigenvalue weighted by Crippen LogP contribution is -2.49. The highest BCUT2D eigenvalue weighted by Crippen LogP contribution is 2.04. The van der Waals surface area contributed by atoms with Crippen molar-refractivity contribution >= 4 is 18.9 Å². The second-order valence-electron chi connectivity index (χ2n) is 5.78. The van der Waals surface area contributed by atoms with E-state index in [1.807, 2.05) is 30.3 Å². The lowest BCUT2D eigenvalue weighted by Gasteiger charge is -2.21. The van der Waals surface area contributed by atoms with E-state index in [0.29, 0.717) is 19.4 Å². The number of nitrogens with one attached hydrogen (secondary N) is 1. The third-order valence-electron chi connectivity index (χ3n) is 3.68. The smallest absolute Gasteiger partial charge is 0.426 e. The standard InChI is InChI=1S/C16H26BN3O4/c1-20(16(22)11-13-7-3-2-4-8-13)12-15(21)19-14(17(23)24)9-5-6-10-18/h2-4,7-8,14,23-24H,5-6,9-12,18H2,1H3,(H,19,21)/t14-/m0/s1. The molecule has 0 bridgehead atoms. The minimum atomic E-state index is -1.64. The van der Waals surface area contributed by atoms with Gasteiger partial charge in [-0.3, -0.25) is 9.59 Å². The first kappa shape index (κ1) is 20.2. The molecule has 1 rings (SSSR count). The Labute approximate surface area is 143 Å². The summed E-state index contributed by atoms with van der Waals surface area (Å²) in [6.07, 6.45) is 2.06. The van der Waals surface area contributed by atoms with Crippen LogP contribution in [0.25, 0.3) is 0 Å². The molecule has 0 saturated heterocycles. The first-order chi connectivity index (χ1) is 11.4. The molecule has 8 heteroatoms. The number of benzene rings is 1. The summed E-state index contributed by atoms with van der Waals surface area (Å²) in [6.45, 7) is 0.380. The average molecular weight is 335 g/mol. The summed E-state index contributed by atoms with van der Waals surface area (Å²) in [4.78, 5) is 25.4. The number of unbranched alkanes of at least 4 members (excludes halogenated alkanes) is 1. The fourth-order valence-corrected chi connectivity index (χ4v) is 2.27. The molecule has 0 heterocycles. The molecular weight excluding hydrogens is 309 g/mol. The third kappa shape index (κ3) is 7.58. The maximum absolute atomic E-state index is 12.1. The number of nitrogens with zero attached hydrogens (tertiary/aromatic N) is 1. The molecule has 0 aliphatic carbocycles. The van der Waals surface area contributed by atoms with Crippen molar-refractivity contribution in [3.8, 4) is 0 Å². The fourth-order valence-electron chi connectivity index (χ4n) is 2.27. The van der Waals surface area contributed by atoms with Gasteiger partial charge < -0.3 is 26.0 Å². The number of likely N-dealkylation sites (N-methyl/N-ethyl adjacent to an activating group) is 1. The zero-order valence-electron chi connectivity index (χ0n) is 14.0. The number of hydrogen-bond acceptors (Lipinski definition) is 5. The van der Waals surface area contributed by atoms with Gasteiger partial charge in [-0.05, 0) is 24.9 Å². The summed E-state index contributed by atoms with van der Waals surface area (Å²) >= 11 is 0. The van der Waals surface area contributed by atoms with Gasteiger partial charge in [0.2, 0.25) is 11.8 Å². The Morgan fingerprint density at radius 2 is 1.92 bits per heavy atom. The monoisotopic (exact) mass is 335 g/mol. The van der Waals surface area contributed by atoms with Gasteiger partial charge in [0.25, 0.3) is 0 Å². The molecule has 0 aromatic heterocycles. The van der Waals surface area contributed by atoms with Crippen LogP contribution in [0.5, 0.6) is 0 Å². The number of nitrogens with two attached hydrogens (primary N) is 1. The molecule has 0 spiro atoms. The molecule has 0 aliphatic heterocycles. The molecule has 1 aromatic rings. The Bertz CT molecular complexity index is 513. The van der Waals surface area contributed by atoms with Gasteiger partial charge in [0, 0.05) is 7.05 Å². The number of hydrogen-bond donors (Lipinski definition) is 4. The predicted octanol–water partition coefficient (Wildman–Crippen LogP) is -0.687. The number of carbonyl (C=O) groups is 2. The van der Waals surface area contributed by atoms with Gasteiger partial charge >= 0.3 is 7.12 Å². The Kier molecular flexibility index (Phi) is 9.07. The highest BCUT2D eigenvalue weighted by Gasteiger charge is 2.25. The van der Waals surface area contributed by atoms with Gasteiger partial charge in [0.05, 0.1) is 18.9 Å². The van der Waals surface area contributed by atoms with Crippen LogP contribution in [-0.2, 0) is 16.0 Å². The van der Waals surface area contributed by atoms with E-state index in [1.54, 1.807) is 7.05 Å². The van der Waals surface area contributed by atoms with Crippen molar-refractivity contribution in [1.29, 1.82) is 0 Å². The molecule has 5 N–H and O–H groups in total. The normalized spacial score (nSPS) is 11.7. The molecule has 0 unspecified atom stereocenters. The fraction of sp³-hybridized carbons (Fsp3) is 0.500. The highest BCUT2D eigenvalue weighted by atomic mass is 16.4. The second-order valence-corrected chi connectivity index (χ2v) is 5.78. The van der Waals surface area contributed by atoms with Gasteiger partial charge in [-0.15, -0.1) is 0 Å². The van der Waals surface area contributed by atoms with E-state index in [-0.39, 0.29) is 18.9 Å². The van der Waals surface area contributed by atoms with E-state index >= 15 is 0 Å². The molecule has 0 saturated carbocycles. The van der Waals surface area contributed by atoms with Crippen LogP contribution >= 0.6 is 0 Å². The molecule has 1 atom stereocenters. The van der Waals surface area contributed by atoms with Crippen LogP contribution in [0.1, 0.15) is 24.8 Å². The zero-order chi connectivity index (χ0) is 17.9. The van der Waals surface area contributed by atoms with Gasteiger partial charge in [0.15, 0.2) is 0 Å². The summed E-state index contributed by atoms with van der Waals surface area (Å²) in [5, 5.41) is 21.2. The van der Waals surface area contributed by atoms with Crippen LogP contribution < -0.4 is 11.1 Å². The van der Waals surface area contributed by atoms with Crippen molar-refractivity contribution in [3.05, 3.63) is 35.9 Å². The maximum Gasteiger partial charge on any atom is 0.475 e. The molecule has 24 heavy (non-hydrogen) atoms. The van der Waals surface area contributed by atoms with Crippen LogP contribution in [0, 0.1) is 0 Å². The van der Waals surface area contributed by atoms with Crippen LogP contribution in [0.4, 0.5) is 0 Å². The van der Waals surface area contributed by atoms with Crippen LogP contribution in [0.15, 0.2) is 30.3 Å². The van der Waals surface area contributed by atoms with E-state index in [4.69, 9.17) is 5.73 Å². The van der Waals surface area contributed by atoms with Crippen LogP contribution in [-0.4, -0.2) is 60.0 Å². The summed E-state index contributed by atoms with van der Waals surface area (Å²) in [5.41, 5.74) is 6.27. The Morgan fingerprint density at radius 1 is 1.25 bits per heavy atom. The molecular formula is C16H26BN3O4. The summed E-state index contributed by atoms with van der Waals surface area (Å²) in [6, 6.07) is 9.27. The van der Waals surface area contributed by atoms with Crippen molar-refractivity contribution in [2.24, 2.45) is 5.73 Å². The Balaban J connectivity index is 2.45. The molecule has 132 valence electrons. The molecule has 0 aliphatic rings. The molecule has 2 amide bonds. The van der Waals surface area contributed by atoms with Gasteiger partial charge in [-0.1, -0.05) is 36.8 Å². The topological polar surface area (TPSA) is 116 Å². The quantitative estimate of drug-likeness (QED) is 0.334. The summed E-state index contributed by atoms with van der Waals surface area (Å²) in [5.74, 6) is -1.37. The minimum Gasteiger partial charge on any atom is -0.426 e. The average Bonchev–Trinajstić information content (AvgIpc) is 2.54. The van der Waals surface area contributed by atoms with Gasteiger partial charge in [0.1, 0.15) is 0 Å². The SMILES string of the molecule is CN(CC(=O)N[C@@H](CCCCN)B(O)O)C(=O)Cc1ccccc1. The Morgan fingerprint density at radius 3 is 2.50 bits per heavy atom. The van der Waals surface area contributed by atoms with Crippen molar-refractivity contribution in [2.45, 2.75) is 31.6 Å². The predicted molar refractivity (Wildman–Crippen MR) is 92.8 cm³/mol. The van der Waals surface area contributed by atoms with Crippen molar-refractivity contribution in [2.75, 3.05) is 20.1 Å². The van der Waals surface area contributed by atoms with Crippen LogP contribution in [0.3, 0.4) is 0 Å². The van der Waals surface area contributed by atoms with E-state index < -0.39 is 19.0 Å². The highest BCUT2D eigenvalue weighted by molar-refractivity contribution is 6.43. The van der Waals surface area contributed by atoms with Gasteiger partial charge in [-0.2, -0.15) is 0 Å². The van der Waals surface area contributed by atoms with Crippen molar-refractivity contribution in [3.63, 3.8) is 0 Å². The zero-order valence-corrected chi connectivity index (χ0v) is 14.0. The third-order valence-corrected chi connectivity index (χ3v) is 3.68. The number of carbonyl (C=O) groups excluding carboxylic acids is 2. The van der Waals surface area contributed by atoms with Gasteiger partial charge in [-0.25, -0.2) is 0 Å². The maximum atomic E-state index is 12.1. The molecule has 0 radical (unpaired) electrons. The summed E-state index contributed by atoms with van der Waals surface area (Å²) in [7, 11) is -0.0963. The first-order valence-corrected chi connectivity index (χ1v) is 8.07. The van der Waals surface area contributed by atoms with Crippen molar-refractivity contribution in [1.82, 2.24) is 10.2 Å². The first-order valence-electron chi connectivity index (χ1n) is 8.07. The number of rotatable bonds is 10. The number of amides is 2. The second kappa shape index (κ2) is 10.8. The lowest BCUT2D eigenvalue weighted by molar-refractivity contribution is -0.134. The molecule has 0 fully saturated rings. The van der Waals surface area contributed by atoms with E-state index in [9.17, 15) is 19.6 Å². The Hall–Kier alpha value is -1.90. The largest absolute Gasteiger partial charge is 0.475 e. The molecule has 1 aromatic carbocycles. The van der Waals surface area contributed by atoms with Crippen molar-refractivity contribution < 1.29 is 19.6 Å².